The van der Waals surface area contributed by atoms with Crippen LogP contribution in [-0.2, 0) is 4.74 Å². The second-order valence-corrected chi connectivity index (χ2v) is 15.3. The molecule has 4 saturated carbocycles. The fraction of sp³-hybridized carbons (Fsp3) is 1.00. The molecule has 178 valence electrons. The number of fused-ring (bicyclic) bond motifs is 4. The maximum absolute atomic E-state index is 7.41. The van der Waals surface area contributed by atoms with Gasteiger partial charge in [0.05, 0.1) is 11.2 Å². The molecule has 0 bridgehead atoms. The van der Waals surface area contributed by atoms with Crippen LogP contribution in [-0.4, -0.2) is 11.2 Å². The van der Waals surface area contributed by atoms with Gasteiger partial charge in [-0.3, -0.25) is 0 Å². The second-order valence-electron chi connectivity index (χ2n) is 15.3. The van der Waals surface area contributed by atoms with E-state index in [1.54, 1.807) is 0 Å². The summed E-state index contributed by atoms with van der Waals surface area (Å²) in [4.78, 5) is 0. The molecule has 0 spiro atoms. The molecule has 0 aromatic rings. The van der Waals surface area contributed by atoms with E-state index in [1.807, 2.05) is 0 Å². The summed E-state index contributed by atoms with van der Waals surface area (Å²) in [5.41, 5.74) is 2.17. The molecule has 0 aromatic carbocycles. The first-order chi connectivity index (χ1) is 14.3. The van der Waals surface area contributed by atoms with Gasteiger partial charge in [-0.05, 0) is 123 Å². The lowest BCUT2D eigenvalue weighted by atomic mass is 9.42. The molecular weight excluding hydrogens is 376 g/mol. The highest BCUT2D eigenvalue weighted by Gasteiger charge is 2.66. The van der Waals surface area contributed by atoms with Crippen molar-refractivity contribution < 1.29 is 4.74 Å². The minimum atomic E-state index is 0.0789. The van der Waals surface area contributed by atoms with Crippen molar-refractivity contribution in [2.75, 3.05) is 0 Å². The molecule has 8 atom stereocenters. The van der Waals surface area contributed by atoms with Crippen LogP contribution in [0, 0.1) is 45.3 Å². The first kappa shape index (κ1) is 22.7. The molecule has 1 heteroatoms. The Kier molecular flexibility index (Phi) is 4.96. The summed E-state index contributed by atoms with van der Waals surface area (Å²) in [7, 11) is 0. The predicted octanol–water partition coefficient (Wildman–Crippen LogP) is 8.80. The maximum atomic E-state index is 7.41. The van der Waals surface area contributed by atoms with Gasteiger partial charge in [0.2, 0.25) is 0 Å². The molecule has 1 saturated heterocycles. The number of ether oxygens (including phenoxy) is 1. The van der Waals surface area contributed by atoms with Crippen LogP contribution in [0.2, 0.25) is 0 Å². The van der Waals surface area contributed by atoms with Crippen molar-refractivity contribution >= 4 is 0 Å². The van der Waals surface area contributed by atoms with Crippen molar-refractivity contribution in [3.05, 3.63) is 0 Å². The fourth-order valence-corrected chi connectivity index (χ4v) is 11.6. The summed E-state index contributed by atoms with van der Waals surface area (Å²) in [6, 6.07) is 0. The van der Waals surface area contributed by atoms with E-state index in [1.165, 1.54) is 77.0 Å². The van der Waals surface area contributed by atoms with Crippen molar-refractivity contribution in [3.63, 3.8) is 0 Å². The van der Waals surface area contributed by atoms with Gasteiger partial charge in [0.25, 0.3) is 0 Å². The first-order valence-corrected chi connectivity index (χ1v) is 14.0. The number of hydrogen-bond acceptors (Lipinski definition) is 1. The molecule has 5 aliphatic rings. The molecule has 1 heterocycles. The maximum Gasteiger partial charge on any atom is 0.0695 e. The average Bonchev–Trinajstić information content (AvgIpc) is 2.99. The molecule has 31 heavy (non-hydrogen) atoms. The zero-order chi connectivity index (χ0) is 22.5. The lowest BCUT2D eigenvalue weighted by molar-refractivity contribution is -0.269. The van der Waals surface area contributed by atoms with Gasteiger partial charge < -0.3 is 4.74 Å². The SMILES string of the molecule is CC1(C)CCC[C@]2(C)[C@H]3CC[C@@H]([C@@]4(C)CC[C@H]5C(C)(C)CCC[C@]5(C)O4)[C@]3(C)CC[C@@H]12. The Hall–Kier alpha value is -0.0400. The molecule has 1 nitrogen and oxygen atoms in total. The zero-order valence-corrected chi connectivity index (χ0v) is 22.2. The van der Waals surface area contributed by atoms with Crippen LogP contribution in [0.25, 0.3) is 0 Å². The van der Waals surface area contributed by atoms with Crippen LogP contribution < -0.4 is 0 Å². The smallest absolute Gasteiger partial charge is 0.0695 e. The molecule has 1 aliphatic heterocycles. The van der Waals surface area contributed by atoms with Gasteiger partial charge in [0.1, 0.15) is 0 Å². The summed E-state index contributed by atoms with van der Waals surface area (Å²) in [5.74, 6) is 3.30. The van der Waals surface area contributed by atoms with Gasteiger partial charge in [-0.15, -0.1) is 0 Å². The van der Waals surface area contributed by atoms with Crippen molar-refractivity contribution in [1.82, 2.24) is 0 Å². The minimum absolute atomic E-state index is 0.0789. The third kappa shape index (κ3) is 3.10. The van der Waals surface area contributed by atoms with E-state index in [-0.39, 0.29) is 11.2 Å². The summed E-state index contributed by atoms with van der Waals surface area (Å²) < 4.78 is 7.41. The van der Waals surface area contributed by atoms with Crippen LogP contribution >= 0.6 is 0 Å². The highest BCUT2D eigenvalue weighted by Crippen LogP contribution is 2.72. The van der Waals surface area contributed by atoms with Gasteiger partial charge in [0.15, 0.2) is 0 Å². The van der Waals surface area contributed by atoms with Crippen molar-refractivity contribution in [1.29, 1.82) is 0 Å². The Morgan fingerprint density at radius 3 is 1.68 bits per heavy atom. The van der Waals surface area contributed by atoms with E-state index < -0.39 is 0 Å². The van der Waals surface area contributed by atoms with Crippen molar-refractivity contribution in [3.8, 4) is 0 Å². The van der Waals surface area contributed by atoms with Crippen molar-refractivity contribution in [2.45, 2.75) is 144 Å². The van der Waals surface area contributed by atoms with Crippen LogP contribution in [0.3, 0.4) is 0 Å². The average molecular weight is 429 g/mol. The third-order valence-electron chi connectivity index (χ3n) is 12.7. The Balaban J connectivity index is 1.44. The van der Waals surface area contributed by atoms with E-state index >= 15 is 0 Å². The van der Waals surface area contributed by atoms with Gasteiger partial charge in [-0.25, -0.2) is 0 Å². The predicted molar refractivity (Wildman–Crippen MR) is 131 cm³/mol. The van der Waals surface area contributed by atoms with Crippen molar-refractivity contribution in [2.24, 2.45) is 45.3 Å². The number of rotatable bonds is 1. The zero-order valence-electron chi connectivity index (χ0n) is 22.2. The summed E-state index contributed by atoms with van der Waals surface area (Å²) >= 11 is 0. The Morgan fingerprint density at radius 2 is 0.968 bits per heavy atom. The number of hydrogen-bond donors (Lipinski definition) is 0. The lowest BCUT2D eigenvalue weighted by Crippen LogP contribution is -2.62. The van der Waals surface area contributed by atoms with Crippen LogP contribution in [0.5, 0.6) is 0 Å². The monoisotopic (exact) mass is 428 g/mol. The topological polar surface area (TPSA) is 9.23 Å². The van der Waals surface area contributed by atoms with Gasteiger partial charge >= 0.3 is 0 Å². The summed E-state index contributed by atoms with van der Waals surface area (Å²) in [6.45, 7) is 20.7. The fourth-order valence-electron chi connectivity index (χ4n) is 11.6. The van der Waals surface area contributed by atoms with E-state index in [4.69, 9.17) is 4.74 Å². The molecule has 0 N–H and O–H groups in total. The molecule has 0 aromatic heterocycles. The summed E-state index contributed by atoms with van der Waals surface area (Å²) in [6.07, 6.45) is 16.8. The van der Waals surface area contributed by atoms with Gasteiger partial charge in [0, 0.05) is 0 Å². The van der Waals surface area contributed by atoms with Crippen LogP contribution in [0.15, 0.2) is 0 Å². The highest BCUT2D eigenvalue weighted by molar-refractivity contribution is 5.15. The Bertz CT molecular complexity index is 722. The molecule has 5 fully saturated rings. The second kappa shape index (κ2) is 6.76. The standard InChI is InChI=1S/C30H52O/c1-25(2)15-9-17-27(5)21(25)13-19-28(6)23(27)11-12-24(28)30(8)20-14-22-26(3,4)16-10-18-29(22,7)31-30/h21-24H,9-20H2,1-8H3/t21-,22-,23+,24+,27-,28+,29-,30+/m0/s1. The normalized spacial score (nSPS) is 55.7. The Morgan fingerprint density at radius 1 is 0.452 bits per heavy atom. The van der Waals surface area contributed by atoms with E-state index in [2.05, 4.69) is 55.4 Å². The minimum Gasteiger partial charge on any atom is -0.369 e. The molecule has 0 amide bonds. The van der Waals surface area contributed by atoms with E-state index in [0.717, 1.165) is 23.7 Å². The molecule has 0 unspecified atom stereocenters. The van der Waals surface area contributed by atoms with E-state index in [0.29, 0.717) is 21.7 Å². The molecule has 0 radical (unpaired) electrons. The third-order valence-corrected chi connectivity index (χ3v) is 12.7. The highest BCUT2D eigenvalue weighted by atomic mass is 16.5. The van der Waals surface area contributed by atoms with E-state index in [9.17, 15) is 0 Å². The van der Waals surface area contributed by atoms with Crippen LogP contribution in [0.1, 0.15) is 132 Å². The lowest BCUT2D eigenvalue weighted by Gasteiger charge is -2.64. The van der Waals surface area contributed by atoms with Crippen LogP contribution in [0.4, 0.5) is 0 Å². The largest absolute Gasteiger partial charge is 0.369 e. The van der Waals surface area contributed by atoms with Gasteiger partial charge in [-0.2, -0.15) is 0 Å². The molecular formula is C30H52O. The first-order valence-electron chi connectivity index (χ1n) is 14.0. The quantitative estimate of drug-likeness (QED) is 0.405. The van der Waals surface area contributed by atoms with Gasteiger partial charge in [-0.1, -0.05) is 54.4 Å². The summed E-state index contributed by atoms with van der Waals surface area (Å²) in [5, 5.41) is 0. The molecule has 4 aliphatic carbocycles. The molecule has 5 rings (SSSR count). The Labute approximate surface area is 193 Å².